The van der Waals surface area contributed by atoms with Crippen LogP contribution in [0, 0.1) is 6.92 Å². The highest BCUT2D eigenvalue weighted by molar-refractivity contribution is 7.99. The van der Waals surface area contributed by atoms with Crippen LogP contribution in [0.3, 0.4) is 0 Å². The van der Waals surface area contributed by atoms with Gasteiger partial charge in [-0.25, -0.2) is 0 Å². The van der Waals surface area contributed by atoms with Crippen LogP contribution in [0.4, 0.5) is 0 Å². The van der Waals surface area contributed by atoms with Gasteiger partial charge in [0.2, 0.25) is 5.91 Å². The third-order valence-electron chi connectivity index (χ3n) is 4.96. The summed E-state index contributed by atoms with van der Waals surface area (Å²) >= 11 is 7.24. The molecular formula is C23H23ClN6OS. The van der Waals surface area contributed by atoms with Crippen LogP contribution in [0.15, 0.2) is 59.9 Å². The maximum Gasteiger partial charge on any atom is 0.230 e. The van der Waals surface area contributed by atoms with Gasteiger partial charge in [-0.05, 0) is 24.6 Å². The van der Waals surface area contributed by atoms with E-state index in [9.17, 15) is 4.79 Å². The molecule has 4 aromatic rings. The third-order valence-corrected chi connectivity index (χ3v) is 6.24. The van der Waals surface area contributed by atoms with Crippen LogP contribution in [0.2, 0.25) is 5.02 Å². The standard InChI is InChI=1S/C23H23ClN6OS/c1-15-4-8-17(9-5-15)21-19(13-29(2)28-21)22-26-27-23(30(22)3)32-14-20(31)25-12-16-6-10-18(24)11-7-16/h4-11,13H,12,14H2,1-3H3,(H,25,31). The molecule has 9 heteroatoms. The molecule has 0 fully saturated rings. The van der Waals surface area contributed by atoms with Crippen molar-refractivity contribution in [3.05, 3.63) is 70.9 Å². The summed E-state index contributed by atoms with van der Waals surface area (Å²) in [7, 11) is 3.79. The Morgan fingerprint density at radius 3 is 2.50 bits per heavy atom. The largest absolute Gasteiger partial charge is 0.351 e. The van der Waals surface area contributed by atoms with Gasteiger partial charge in [-0.3, -0.25) is 9.48 Å². The van der Waals surface area contributed by atoms with E-state index in [0.717, 1.165) is 22.4 Å². The summed E-state index contributed by atoms with van der Waals surface area (Å²) in [5.74, 6) is 0.881. The van der Waals surface area contributed by atoms with E-state index in [1.807, 2.05) is 49.1 Å². The average molecular weight is 467 g/mol. The van der Waals surface area contributed by atoms with Crippen molar-refractivity contribution in [2.24, 2.45) is 14.1 Å². The number of aryl methyl sites for hydroxylation is 2. The zero-order valence-electron chi connectivity index (χ0n) is 18.0. The molecule has 164 valence electrons. The number of aromatic nitrogens is 5. The number of thioether (sulfide) groups is 1. The number of hydrogen-bond acceptors (Lipinski definition) is 5. The van der Waals surface area contributed by atoms with Crippen LogP contribution >= 0.6 is 23.4 Å². The first-order valence-corrected chi connectivity index (χ1v) is 11.4. The van der Waals surface area contributed by atoms with Gasteiger partial charge >= 0.3 is 0 Å². The second-order valence-corrected chi connectivity index (χ2v) is 8.87. The molecule has 0 aliphatic heterocycles. The minimum Gasteiger partial charge on any atom is -0.351 e. The molecule has 7 nitrogen and oxygen atoms in total. The Kier molecular flexibility index (Phi) is 6.62. The number of amides is 1. The molecule has 0 saturated heterocycles. The van der Waals surface area contributed by atoms with E-state index in [0.29, 0.717) is 22.5 Å². The average Bonchev–Trinajstić information content (AvgIpc) is 3.34. The summed E-state index contributed by atoms with van der Waals surface area (Å²) in [6, 6.07) is 15.6. The molecule has 2 aromatic heterocycles. The number of halogens is 1. The van der Waals surface area contributed by atoms with Crippen molar-refractivity contribution < 1.29 is 4.79 Å². The molecule has 0 radical (unpaired) electrons. The Labute approximate surface area is 195 Å². The fraction of sp³-hybridized carbons (Fsp3) is 0.217. The molecule has 2 aromatic carbocycles. The van der Waals surface area contributed by atoms with Crippen molar-refractivity contribution in [2.75, 3.05) is 5.75 Å². The lowest BCUT2D eigenvalue weighted by Gasteiger charge is -2.06. The van der Waals surface area contributed by atoms with Gasteiger partial charge in [0, 0.05) is 37.4 Å². The molecule has 0 saturated carbocycles. The summed E-state index contributed by atoms with van der Waals surface area (Å²) in [6.45, 7) is 2.51. The van der Waals surface area contributed by atoms with E-state index in [1.165, 1.54) is 17.3 Å². The Bertz CT molecular complexity index is 1230. The monoisotopic (exact) mass is 466 g/mol. The second kappa shape index (κ2) is 9.58. The zero-order chi connectivity index (χ0) is 22.7. The molecule has 2 heterocycles. The predicted molar refractivity (Wildman–Crippen MR) is 127 cm³/mol. The maximum absolute atomic E-state index is 12.3. The highest BCUT2D eigenvalue weighted by atomic mass is 35.5. The van der Waals surface area contributed by atoms with E-state index in [-0.39, 0.29) is 11.7 Å². The van der Waals surface area contributed by atoms with Crippen molar-refractivity contribution >= 4 is 29.3 Å². The summed E-state index contributed by atoms with van der Waals surface area (Å²) in [6.07, 6.45) is 1.94. The van der Waals surface area contributed by atoms with E-state index in [2.05, 4.69) is 51.8 Å². The van der Waals surface area contributed by atoms with Crippen molar-refractivity contribution in [3.8, 4) is 22.6 Å². The normalized spacial score (nSPS) is 11.0. The number of carbonyl (C=O) groups excluding carboxylic acids is 1. The molecule has 1 N–H and O–H groups in total. The Balaban J connectivity index is 1.44. The predicted octanol–water partition coefficient (Wildman–Crippen LogP) is 4.25. The lowest BCUT2D eigenvalue weighted by Crippen LogP contribution is -2.24. The summed E-state index contributed by atoms with van der Waals surface area (Å²) in [4.78, 5) is 12.3. The van der Waals surface area contributed by atoms with Gasteiger partial charge in [0.05, 0.1) is 11.3 Å². The molecule has 0 spiro atoms. The molecule has 4 rings (SSSR count). The van der Waals surface area contributed by atoms with Gasteiger partial charge in [0.1, 0.15) is 5.69 Å². The van der Waals surface area contributed by atoms with Crippen LogP contribution in [-0.2, 0) is 25.4 Å². The molecule has 0 bridgehead atoms. The molecule has 1 amide bonds. The van der Waals surface area contributed by atoms with Crippen molar-refractivity contribution in [1.29, 1.82) is 0 Å². The summed E-state index contributed by atoms with van der Waals surface area (Å²) in [5, 5.41) is 17.6. The first kappa shape index (κ1) is 22.1. The summed E-state index contributed by atoms with van der Waals surface area (Å²) < 4.78 is 3.67. The number of hydrogen-bond donors (Lipinski definition) is 1. The molecule has 0 unspecified atom stereocenters. The zero-order valence-corrected chi connectivity index (χ0v) is 19.6. The third kappa shape index (κ3) is 5.03. The van der Waals surface area contributed by atoms with E-state index in [1.54, 1.807) is 4.68 Å². The molecule has 32 heavy (non-hydrogen) atoms. The van der Waals surface area contributed by atoms with Gasteiger partial charge in [-0.15, -0.1) is 10.2 Å². The number of rotatable bonds is 7. The fourth-order valence-corrected chi connectivity index (χ4v) is 4.10. The quantitative estimate of drug-likeness (QED) is 0.412. The first-order chi connectivity index (χ1) is 15.4. The van der Waals surface area contributed by atoms with Gasteiger partial charge in [-0.2, -0.15) is 5.10 Å². The highest BCUT2D eigenvalue weighted by Crippen LogP contribution is 2.31. The number of nitrogens with zero attached hydrogens (tertiary/aromatic N) is 5. The van der Waals surface area contributed by atoms with Gasteiger partial charge in [-0.1, -0.05) is 65.3 Å². The molecule has 0 aliphatic carbocycles. The second-order valence-electron chi connectivity index (χ2n) is 7.49. The van der Waals surface area contributed by atoms with Gasteiger partial charge in [0.25, 0.3) is 0 Å². The van der Waals surface area contributed by atoms with Gasteiger partial charge in [0.15, 0.2) is 11.0 Å². The first-order valence-electron chi connectivity index (χ1n) is 10.0. The molecule has 0 aliphatic rings. The van der Waals surface area contributed by atoms with Crippen molar-refractivity contribution in [1.82, 2.24) is 29.9 Å². The number of benzene rings is 2. The Morgan fingerprint density at radius 1 is 1.06 bits per heavy atom. The SMILES string of the molecule is Cc1ccc(-c2nn(C)cc2-c2nnc(SCC(=O)NCc3ccc(Cl)cc3)n2C)cc1. The van der Waals surface area contributed by atoms with Crippen LogP contribution in [0.5, 0.6) is 0 Å². The topological polar surface area (TPSA) is 77.6 Å². The van der Waals surface area contributed by atoms with Crippen molar-refractivity contribution in [2.45, 2.75) is 18.6 Å². The number of carbonyl (C=O) groups is 1. The number of nitrogens with one attached hydrogen (secondary N) is 1. The minimum atomic E-state index is -0.0729. The fourth-order valence-electron chi connectivity index (χ4n) is 3.24. The molecule has 0 atom stereocenters. The maximum atomic E-state index is 12.3. The van der Waals surface area contributed by atoms with Crippen LogP contribution < -0.4 is 5.32 Å². The van der Waals surface area contributed by atoms with E-state index >= 15 is 0 Å². The minimum absolute atomic E-state index is 0.0729. The highest BCUT2D eigenvalue weighted by Gasteiger charge is 2.19. The lowest BCUT2D eigenvalue weighted by molar-refractivity contribution is -0.118. The smallest absolute Gasteiger partial charge is 0.230 e. The van der Waals surface area contributed by atoms with Gasteiger partial charge < -0.3 is 9.88 Å². The van der Waals surface area contributed by atoms with E-state index < -0.39 is 0 Å². The van der Waals surface area contributed by atoms with Crippen LogP contribution in [0.25, 0.3) is 22.6 Å². The Morgan fingerprint density at radius 2 is 1.78 bits per heavy atom. The molecular weight excluding hydrogens is 444 g/mol. The van der Waals surface area contributed by atoms with Crippen LogP contribution in [-0.4, -0.2) is 36.2 Å². The summed E-state index contributed by atoms with van der Waals surface area (Å²) in [5.41, 5.74) is 4.95. The van der Waals surface area contributed by atoms with E-state index in [4.69, 9.17) is 11.6 Å². The lowest BCUT2D eigenvalue weighted by atomic mass is 10.1. The van der Waals surface area contributed by atoms with Crippen molar-refractivity contribution in [3.63, 3.8) is 0 Å². The van der Waals surface area contributed by atoms with Crippen LogP contribution in [0.1, 0.15) is 11.1 Å². The Hall–Kier alpha value is -3.10.